The first-order valence-electron chi connectivity index (χ1n) is 11.1. The SMILES string of the molecule is CCOc1ccccc1C1CC(c2c(O)n(C3CCCCC3)c(=O)[nH]c2=O)=NN1C(C)=O. The van der Waals surface area contributed by atoms with Gasteiger partial charge in [-0.05, 0) is 25.8 Å². The van der Waals surface area contributed by atoms with Crippen molar-refractivity contribution in [3.05, 3.63) is 56.2 Å². The number of hydrogen-bond donors (Lipinski definition) is 2. The Morgan fingerprint density at radius 2 is 1.94 bits per heavy atom. The molecule has 2 aliphatic rings. The van der Waals surface area contributed by atoms with Crippen molar-refractivity contribution in [1.82, 2.24) is 14.6 Å². The number of hydrogen-bond acceptors (Lipinski definition) is 6. The van der Waals surface area contributed by atoms with Crippen LogP contribution in [-0.4, -0.2) is 37.9 Å². The standard InChI is InChI=1S/C23H28N4O5/c1-3-32-19-12-8-7-11-16(19)18-13-17(25-27(18)14(2)28)20-21(29)24-23(31)26(22(20)30)15-9-5-4-6-10-15/h7-8,11-12,15,18,30H,3-6,9-10,13H2,1-2H3,(H,24,29,31). The highest BCUT2D eigenvalue weighted by Gasteiger charge is 2.36. The Kier molecular flexibility index (Phi) is 6.16. The zero-order valence-electron chi connectivity index (χ0n) is 18.3. The summed E-state index contributed by atoms with van der Waals surface area (Å²) in [5.41, 5.74) is -0.360. The van der Waals surface area contributed by atoms with E-state index in [1.165, 1.54) is 16.5 Å². The first-order valence-corrected chi connectivity index (χ1v) is 11.1. The number of aromatic nitrogens is 2. The molecule has 1 aliphatic carbocycles. The van der Waals surface area contributed by atoms with Crippen molar-refractivity contribution in [2.45, 2.75) is 64.5 Å². The Morgan fingerprint density at radius 1 is 1.22 bits per heavy atom. The minimum Gasteiger partial charge on any atom is -0.494 e. The summed E-state index contributed by atoms with van der Waals surface area (Å²) in [6, 6.07) is 6.72. The predicted octanol–water partition coefficient (Wildman–Crippen LogP) is 2.84. The lowest BCUT2D eigenvalue weighted by atomic mass is 9.94. The van der Waals surface area contributed by atoms with Gasteiger partial charge in [-0.15, -0.1) is 0 Å². The summed E-state index contributed by atoms with van der Waals surface area (Å²) in [5.74, 6) is -0.0486. The topological polar surface area (TPSA) is 117 Å². The molecule has 1 aromatic heterocycles. The molecule has 0 saturated heterocycles. The number of amides is 1. The van der Waals surface area contributed by atoms with Crippen LogP contribution < -0.4 is 16.0 Å². The summed E-state index contributed by atoms with van der Waals surface area (Å²) in [6.45, 7) is 3.74. The largest absolute Gasteiger partial charge is 0.494 e. The van der Waals surface area contributed by atoms with Crippen molar-refractivity contribution in [1.29, 1.82) is 0 Å². The number of aromatic amines is 1. The van der Waals surface area contributed by atoms with Gasteiger partial charge in [-0.2, -0.15) is 5.10 Å². The third-order valence-corrected chi connectivity index (χ3v) is 6.16. The van der Waals surface area contributed by atoms with Crippen molar-refractivity contribution < 1.29 is 14.6 Å². The van der Waals surface area contributed by atoms with E-state index in [2.05, 4.69) is 10.1 Å². The maximum absolute atomic E-state index is 12.7. The third kappa shape index (κ3) is 3.94. The monoisotopic (exact) mass is 440 g/mol. The van der Waals surface area contributed by atoms with Crippen LogP contribution in [0, 0.1) is 0 Å². The number of nitrogens with one attached hydrogen (secondary N) is 1. The van der Waals surface area contributed by atoms with E-state index in [0.717, 1.165) is 37.7 Å². The van der Waals surface area contributed by atoms with Gasteiger partial charge in [-0.25, -0.2) is 9.80 Å². The van der Waals surface area contributed by atoms with Gasteiger partial charge in [-0.1, -0.05) is 37.5 Å². The molecule has 9 nitrogen and oxygen atoms in total. The molecule has 32 heavy (non-hydrogen) atoms. The van der Waals surface area contributed by atoms with Crippen LogP contribution in [0.3, 0.4) is 0 Å². The van der Waals surface area contributed by atoms with Crippen LogP contribution in [0.2, 0.25) is 0 Å². The Balaban J connectivity index is 1.78. The maximum Gasteiger partial charge on any atom is 0.331 e. The number of aromatic hydroxyl groups is 1. The molecule has 4 rings (SSSR count). The van der Waals surface area contributed by atoms with Crippen molar-refractivity contribution in [3.63, 3.8) is 0 Å². The van der Waals surface area contributed by atoms with Crippen LogP contribution in [0.15, 0.2) is 39.0 Å². The molecule has 1 aliphatic heterocycles. The highest BCUT2D eigenvalue weighted by atomic mass is 16.5. The van der Waals surface area contributed by atoms with Gasteiger partial charge in [0.05, 0.1) is 18.4 Å². The quantitative estimate of drug-likeness (QED) is 0.741. The van der Waals surface area contributed by atoms with Crippen molar-refractivity contribution in [2.75, 3.05) is 6.61 Å². The number of benzene rings is 1. The fraction of sp³-hybridized carbons (Fsp3) is 0.478. The number of carbonyl (C=O) groups excluding carboxylic acids is 1. The van der Waals surface area contributed by atoms with E-state index in [-0.39, 0.29) is 35.5 Å². The van der Waals surface area contributed by atoms with Gasteiger partial charge < -0.3 is 9.84 Å². The molecule has 2 aromatic rings. The predicted molar refractivity (Wildman–Crippen MR) is 119 cm³/mol. The van der Waals surface area contributed by atoms with Gasteiger partial charge in [0.2, 0.25) is 11.8 Å². The van der Waals surface area contributed by atoms with E-state index in [1.54, 1.807) is 0 Å². The highest BCUT2D eigenvalue weighted by Crippen LogP contribution is 2.38. The van der Waals surface area contributed by atoms with Gasteiger partial charge in [0.1, 0.15) is 11.3 Å². The first kappa shape index (κ1) is 21.9. The van der Waals surface area contributed by atoms with Gasteiger partial charge >= 0.3 is 5.69 Å². The average molecular weight is 441 g/mol. The van der Waals surface area contributed by atoms with Crippen LogP contribution in [0.5, 0.6) is 11.6 Å². The highest BCUT2D eigenvalue weighted by molar-refractivity contribution is 6.04. The van der Waals surface area contributed by atoms with Crippen LogP contribution in [0.4, 0.5) is 0 Å². The Labute approximate surface area is 185 Å². The van der Waals surface area contributed by atoms with Crippen molar-refractivity contribution in [3.8, 4) is 11.6 Å². The summed E-state index contributed by atoms with van der Waals surface area (Å²) < 4.78 is 7.00. The average Bonchev–Trinajstić information content (AvgIpc) is 3.20. The molecule has 1 atom stereocenters. The van der Waals surface area contributed by atoms with E-state index in [1.807, 2.05) is 31.2 Å². The van der Waals surface area contributed by atoms with E-state index in [0.29, 0.717) is 12.4 Å². The maximum atomic E-state index is 12.7. The molecule has 0 radical (unpaired) electrons. The number of para-hydroxylation sites is 1. The van der Waals surface area contributed by atoms with Crippen LogP contribution in [0.1, 0.15) is 75.6 Å². The smallest absolute Gasteiger partial charge is 0.331 e. The van der Waals surface area contributed by atoms with Crippen molar-refractivity contribution >= 4 is 11.6 Å². The lowest BCUT2D eigenvalue weighted by Gasteiger charge is -2.25. The molecule has 1 aromatic carbocycles. The number of rotatable bonds is 5. The van der Waals surface area contributed by atoms with E-state index < -0.39 is 17.3 Å². The zero-order valence-corrected chi connectivity index (χ0v) is 18.3. The summed E-state index contributed by atoms with van der Waals surface area (Å²) in [5, 5.41) is 16.7. The molecule has 0 spiro atoms. The molecule has 1 fully saturated rings. The van der Waals surface area contributed by atoms with Gasteiger partial charge in [0, 0.05) is 24.9 Å². The molecule has 2 heterocycles. The van der Waals surface area contributed by atoms with Crippen LogP contribution in [0.25, 0.3) is 0 Å². The molecule has 170 valence electrons. The van der Waals surface area contributed by atoms with E-state index in [4.69, 9.17) is 4.74 Å². The van der Waals surface area contributed by atoms with Gasteiger partial charge in [-0.3, -0.25) is 19.1 Å². The molecular weight excluding hydrogens is 412 g/mol. The second-order valence-corrected chi connectivity index (χ2v) is 8.22. The van der Waals surface area contributed by atoms with Crippen LogP contribution in [-0.2, 0) is 4.79 Å². The summed E-state index contributed by atoms with van der Waals surface area (Å²) in [6.07, 6.45) is 4.73. The minimum atomic E-state index is -0.708. The molecule has 1 amide bonds. The Bertz CT molecular complexity index is 1160. The number of nitrogens with zero attached hydrogens (tertiary/aromatic N) is 3. The zero-order chi connectivity index (χ0) is 22.8. The lowest BCUT2D eigenvalue weighted by Crippen LogP contribution is -2.36. The molecule has 1 unspecified atom stereocenters. The van der Waals surface area contributed by atoms with Crippen molar-refractivity contribution in [2.24, 2.45) is 5.10 Å². The second-order valence-electron chi connectivity index (χ2n) is 8.22. The number of carbonyl (C=O) groups is 1. The summed E-state index contributed by atoms with van der Waals surface area (Å²) in [7, 11) is 0. The lowest BCUT2D eigenvalue weighted by molar-refractivity contribution is -0.130. The van der Waals surface area contributed by atoms with Crippen LogP contribution >= 0.6 is 0 Å². The summed E-state index contributed by atoms with van der Waals surface area (Å²) in [4.78, 5) is 40.0. The Hall–Kier alpha value is -3.36. The molecule has 9 heteroatoms. The summed E-state index contributed by atoms with van der Waals surface area (Å²) >= 11 is 0. The number of H-pyrrole nitrogens is 1. The van der Waals surface area contributed by atoms with Gasteiger partial charge in [0.25, 0.3) is 5.56 Å². The fourth-order valence-corrected chi connectivity index (χ4v) is 4.71. The molecule has 1 saturated carbocycles. The first-order chi connectivity index (χ1) is 15.4. The normalized spacial score (nSPS) is 19.1. The third-order valence-electron chi connectivity index (χ3n) is 6.16. The fourth-order valence-electron chi connectivity index (χ4n) is 4.71. The van der Waals surface area contributed by atoms with Gasteiger partial charge in [0.15, 0.2) is 0 Å². The number of ether oxygens (including phenoxy) is 1. The second kappa shape index (κ2) is 9.02. The van der Waals surface area contributed by atoms with E-state index >= 15 is 0 Å². The Morgan fingerprint density at radius 3 is 2.62 bits per heavy atom. The minimum absolute atomic E-state index is 0.0576. The number of hydrazone groups is 1. The molecule has 0 bridgehead atoms. The van der Waals surface area contributed by atoms with E-state index in [9.17, 15) is 19.5 Å². The molecule has 2 N–H and O–H groups in total. The molecular formula is C23H28N4O5.